The Labute approximate surface area is 101 Å². The summed E-state index contributed by atoms with van der Waals surface area (Å²) in [6.45, 7) is 0.920. The van der Waals surface area contributed by atoms with Crippen LogP contribution in [0.3, 0.4) is 0 Å². The number of aldehydes is 1. The van der Waals surface area contributed by atoms with Crippen LogP contribution in [0.5, 0.6) is 11.5 Å². The van der Waals surface area contributed by atoms with Gasteiger partial charge in [-0.25, -0.2) is 0 Å². The topological polar surface area (TPSA) is 55.8 Å². The van der Waals surface area contributed by atoms with E-state index in [0.29, 0.717) is 36.7 Å². The molecule has 0 radical (unpaired) electrons. The van der Waals surface area contributed by atoms with Crippen LogP contribution >= 0.6 is 15.9 Å². The molecule has 0 aromatic heterocycles. The summed E-state index contributed by atoms with van der Waals surface area (Å²) in [5, 5.41) is 8.99. The van der Waals surface area contributed by atoms with Crippen molar-refractivity contribution in [2.75, 3.05) is 19.8 Å². The molecule has 0 saturated heterocycles. The summed E-state index contributed by atoms with van der Waals surface area (Å²) in [6.07, 6.45) is 1.20. The average Bonchev–Trinajstić information content (AvgIpc) is 2.32. The van der Waals surface area contributed by atoms with Gasteiger partial charge < -0.3 is 14.6 Å². The van der Waals surface area contributed by atoms with E-state index < -0.39 is 0 Å². The van der Waals surface area contributed by atoms with Crippen molar-refractivity contribution in [3.63, 3.8) is 0 Å². The molecule has 5 heteroatoms. The van der Waals surface area contributed by atoms with E-state index in [9.17, 15) is 4.79 Å². The summed E-state index contributed by atoms with van der Waals surface area (Å²) in [7, 11) is 0. The van der Waals surface area contributed by atoms with Gasteiger partial charge in [-0.15, -0.1) is 0 Å². The van der Waals surface area contributed by atoms with Crippen molar-refractivity contribution >= 4 is 22.2 Å². The molecule has 0 spiro atoms. The van der Waals surface area contributed by atoms with Gasteiger partial charge in [0, 0.05) is 23.1 Å². The second-order valence-corrected chi connectivity index (χ2v) is 4.23. The van der Waals surface area contributed by atoms with E-state index in [0.717, 1.165) is 16.3 Å². The smallest absolute Gasteiger partial charge is 0.172 e. The Hall–Kier alpha value is -1.07. The van der Waals surface area contributed by atoms with Gasteiger partial charge in [-0.2, -0.15) is 0 Å². The standard InChI is InChI=1S/C11H11BrO4/c12-9-5-7(6-14)10-11(8(9)1-2-13)16-4-3-15-10/h5-6,13H,1-4H2. The fourth-order valence-electron chi connectivity index (χ4n) is 1.69. The van der Waals surface area contributed by atoms with Crippen molar-refractivity contribution in [3.05, 3.63) is 21.7 Å². The Kier molecular flexibility index (Phi) is 3.46. The van der Waals surface area contributed by atoms with Gasteiger partial charge in [0.15, 0.2) is 17.8 Å². The van der Waals surface area contributed by atoms with Crippen LogP contribution in [0, 0.1) is 0 Å². The Bertz CT molecular complexity index is 417. The van der Waals surface area contributed by atoms with E-state index in [4.69, 9.17) is 14.6 Å². The number of aliphatic hydroxyl groups is 1. The van der Waals surface area contributed by atoms with E-state index in [2.05, 4.69) is 15.9 Å². The summed E-state index contributed by atoms with van der Waals surface area (Å²) in [6, 6.07) is 1.69. The highest BCUT2D eigenvalue weighted by atomic mass is 79.9. The van der Waals surface area contributed by atoms with Crippen molar-refractivity contribution in [2.24, 2.45) is 0 Å². The minimum absolute atomic E-state index is 0.0227. The molecule has 1 aliphatic rings. The van der Waals surface area contributed by atoms with E-state index >= 15 is 0 Å². The van der Waals surface area contributed by atoms with Gasteiger partial charge in [-0.1, -0.05) is 15.9 Å². The quantitative estimate of drug-likeness (QED) is 0.857. The van der Waals surface area contributed by atoms with E-state index in [1.807, 2.05) is 0 Å². The third-order valence-corrected chi connectivity index (χ3v) is 3.09. The fraction of sp³-hybridized carbons (Fsp3) is 0.364. The molecule has 1 N–H and O–H groups in total. The zero-order valence-electron chi connectivity index (χ0n) is 8.53. The van der Waals surface area contributed by atoms with Crippen molar-refractivity contribution in [2.45, 2.75) is 6.42 Å². The Morgan fingerprint density at radius 1 is 1.38 bits per heavy atom. The molecule has 1 aromatic rings. The average molecular weight is 287 g/mol. The van der Waals surface area contributed by atoms with Gasteiger partial charge in [0.25, 0.3) is 0 Å². The molecule has 1 heterocycles. The van der Waals surface area contributed by atoms with Crippen LogP contribution in [0.2, 0.25) is 0 Å². The Morgan fingerprint density at radius 3 is 2.69 bits per heavy atom. The van der Waals surface area contributed by atoms with Crippen LogP contribution in [0.15, 0.2) is 10.5 Å². The molecule has 1 aliphatic heterocycles. The van der Waals surface area contributed by atoms with Crippen LogP contribution in [0.4, 0.5) is 0 Å². The minimum atomic E-state index is 0.0227. The molecule has 0 fully saturated rings. The summed E-state index contributed by atoms with van der Waals surface area (Å²) >= 11 is 3.36. The molecule has 1 aromatic carbocycles. The molecule has 0 amide bonds. The summed E-state index contributed by atoms with van der Waals surface area (Å²) < 4.78 is 11.7. The lowest BCUT2D eigenvalue weighted by Gasteiger charge is -2.23. The third-order valence-electron chi connectivity index (χ3n) is 2.38. The van der Waals surface area contributed by atoms with Gasteiger partial charge in [0.1, 0.15) is 13.2 Å². The van der Waals surface area contributed by atoms with Gasteiger partial charge in [-0.05, 0) is 6.07 Å². The largest absolute Gasteiger partial charge is 0.486 e. The van der Waals surface area contributed by atoms with Crippen LogP contribution < -0.4 is 9.47 Å². The summed E-state index contributed by atoms with van der Waals surface area (Å²) in [5.74, 6) is 1.05. The highest BCUT2D eigenvalue weighted by Gasteiger charge is 2.22. The van der Waals surface area contributed by atoms with E-state index in [1.165, 1.54) is 0 Å². The lowest BCUT2D eigenvalue weighted by molar-refractivity contribution is 0.111. The van der Waals surface area contributed by atoms with Gasteiger partial charge in [0.2, 0.25) is 0 Å². The maximum Gasteiger partial charge on any atom is 0.172 e. The minimum Gasteiger partial charge on any atom is -0.486 e. The molecule has 0 bridgehead atoms. The molecule has 0 saturated carbocycles. The molecular formula is C11H11BrO4. The van der Waals surface area contributed by atoms with E-state index in [1.54, 1.807) is 6.07 Å². The molecule has 86 valence electrons. The highest BCUT2D eigenvalue weighted by molar-refractivity contribution is 9.10. The number of benzene rings is 1. The number of carbonyl (C=O) groups excluding carboxylic acids is 1. The monoisotopic (exact) mass is 286 g/mol. The first-order chi connectivity index (χ1) is 7.77. The molecule has 16 heavy (non-hydrogen) atoms. The second-order valence-electron chi connectivity index (χ2n) is 3.37. The van der Waals surface area contributed by atoms with Crippen molar-refractivity contribution in [3.8, 4) is 11.5 Å². The fourth-order valence-corrected chi connectivity index (χ4v) is 2.31. The van der Waals surface area contributed by atoms with Gasteiger partial charge >= 0.3 is 0 Å². The molecule has 4 nitrogen and oxygen atoms in total. The number of carbonyl (C=O) groups is 1. The Morgan fingerprint density at radius 2 is 2.06 bits per heavy atom. The van der Waals surface area contributed by atoms with Gasteiger partial charge in [-0.3, -0.25) is 4.79 Å². The molecule has 0 unspecified atom stereocenters. The lowest BCUT2D eigenvalue weighted by Crippen LogP contribution is -2.18. The molecule has 2 rings (SSSR count). The van der Waals surface area contributed by atoms with Crippen LogP contribution in [0.25, 0.3) is 0 Å². The predicted molar refractivity (Wildman–Crippen MR) is 61.3 cm³/mol. The normalized spacial score (nSPS) is 13.6. The van der Waals surface area contributed by atoms with Crippen LogP contribution in [-0.4, -0.2) is 31.2 Å². The third kappa shape index (κ3) is 1.92. The number of ether oxygens (including phenoxy) is 2. The maximum atomic E-state index is 10.9. The number of hydrogen-bond donors (Lipinski definition) is 1. The van der Waals surface area contributed by atoms with E-state index in [-0.39, 0.29) is 6.61 Å². The molecule has 0 aliphatic carbocycles. The number of fused-ring (bicyclic) bond motifs is 1. The molecular weight excluding hydrogens is 276 g/mol. The van der Waals surface area contributed by atoms with Crippen molar-refractivity contribution in [1.82, 2.24) is 0 Å². The SMILES string of the molecule is O=Cc1cc(Br)c(CCO)c2c1OCCO2. The van der Waals surface area contributed by atoms with Crippen molar-refractivity contribution < 1.29 is 19.4 Å². The zero-order valence-corrected chi connectivity index (χ0v) is 10.1. The highest BCUT2D eigenvalue weighted by Crippen LogP contribution is 2.40. The first-order valence-electron chi connectivity index (χ1n) is 4.95. The summed E-state index contributed by atoms with van der Waals surface area (Å²) in [4.78, 5) is 10.9. The maximum absolute atomic E-state index is 10.9. The number of halogens is 1. The number of hydrogen-bond acceptors (Lipinski definition) is 4. The van der Waals surface area contributed by atoms with Gasteiger partial charge in [0.05, 0.1) is 5.56 Å². The van der Waals surface area contributed by atoms with Crippen LogP contribution in [0.1, 0.15) is 15.9 Å². The predicted octanol–water partition coefficient (Wildman–Crippen LogP) is 1.57. The van der Waals surface area contributed by atoms with Crippen molar-refractivity contribution in [1.29, 1.82) is 0 Å². The first-order valence-corrected chi connectivity index (χ1v) is 5.74. The first kappa shape index (κ1) is 11.4. The zero-order chi connectivity index (χ0) is 11.5. The second kappa shape index (κ2) is 4.84. The molecule has 0 atom stereocenters. The summed E-state index contributed by atoms with van der Waals surface area (Å²) in [5.41, 5.74) is 1.30. The Balaban J connectivity index is 2.57. The number of rotatable bonds is 3. The lowest BCUT2D eigenvalue weighted by atomic mass is 10.1. The van der Waals surface area contributed by atoms with Crippen LogP contribution in [-0.2, 0) is 6.42 Å². The number of aliphatic hydroxyl groups excluding tert-OH is 1.